The molecule has 7 nitrogen and oxygen atoms in total. The molecule has 0 radical (unpaired) electrons. The zero-order valence-corrected chi connectivity index (χ0v) is 19.8. The van der Waals surface area contributed by atoms with Crippen LogP contribution in [0.4, 0.5) is 5.69 Å². The first-order chi connectivity index (χ1) is 15.3. The normalized spacial score (nSPS) is 12.7. The molecule has 1 aliphatic heterocycles. The first-order valence-electron chi connectivity index (χ1n) is 9.51. The highest BCUT2D eigenvalue weighted by atomic mass is 79.9. The second-order valence-corrected chi connectivity index (χ2v) is 10.3. The number of rotatable bonds is 7. The summed E-state index contributed by atoms with van der Waals surface area (Å²) in [6.45, 7) is -0.241. The lowest BCUT2D eigenvalue weighted by Gasteiger charge is -2.22. The van der Waals surface area contributed by atoms with Crippen LogP contribution in [-0.4, -0.2) is 32.0 Å². The third-order valence-corrected chi connectivity index (χ3v) is 7.29. The third kappa shape index (κ3) is 5.24. The molecule has 0 aliphatic carbocycles. The fraction of sp³-hybridized carbons (Fsp3) is 0.136. The summed E-state index contributed by atoms with van der Waals surface area (Å²) in [7, 11) is -3.97. The van der Waals surface area contributed by atoms with Crippen molar-refractivity contribution in [3.8, 4) is 11.5 Å². The summed E-state index contributed by atoms with van der Waals surface area (Å²) in [5.74, 6) is 0.618. The third-order valence-electron chi connectivity index (χ3n) is 4.70. The Kier molecular flexibility index (Phi) is 6.71. The number of nitrogens with one attached hydrogen (secondary N) is 1. The minimum Gasteiger partial charge on any atom is -0.454 e. The Morgan fingerprint density at radius 1 is 1.00 bits per heavy atom. The van der Waals surface area contributed by atoms with Crippen LogP contribution in [0.1, 0.15) is 5.56 Å². The van der Waals surface area contributed by atoms with Gasteiger partial charge in [-0.3, -0.25) is 4.79 Å². The van der Waals surface area contributed by atoms with Crippen molar-refractivity contribution in [1.29, 1.82) is 0 Å². The Labute approximate surface area is 199 Å². The zero-order chi connectivity index (χ0) is 22.7. The smallest absolute Gasteiger partial charge is 0.243 e. The van der Waals surface area contributed by atoms with E-state index in [2.05, 4.69) is 21.2 Å². The summed E-state index contributed by atoms with van der Waals surface area (Å²) in [6.07, 6.45) is 0. The largest absolute Gasteiger partial charge is 0.454 e. The maximum atomic E-state index is 13.3. The molecule has 1 aliphatic rings. The summed E-state index contributed by atoms with van der Waals surface area (Å²) in [6, 6.07) is 18.0. The van der Waals surface area contributed by atoms with Crippen molar-refractivity contribution < 1.29 is 22.7 Å². The molecule has 0 atom stereocenters. The fourth-order valence-electron chi connectivity index (χ4n) is 3.11. The van der Waals surface area contributed by atoms with E-state index in [4.69, 9.17) is 21.1 Å². The van der Waals surface area contributed by atoms with Gasteiger partial charge >= 0.3 is 0 Å². The topological polar surface area (TPSA) is 84.9 Å². The molecule has 0 unspecified atom stereocenters. The molecule has 4 rings (SSSR count). The molecule has 3 aromatic rings. The van der Waals surface area contributed by atoms with Gasteiger partial charge in [0.15, 0.2) is 11.5 Å². The lowest BCUT2D eigenvalue weighted by atomic mass is 10.2. The number of ether oxygens (including phenoxy) is 2. The lowest BCUT2D eigenvalue weighted by Crippen LogP contribution is -2.37. The van der Waals surface area contributed by atoms with Crippen LogP contribution < -0.4 is 14.8 Å². The summed E-state index contributed by atoms with van der Waals surface area (Å²) in [5.41, 5.74) is 1.22. The highest BCUT2D eigenvalue weighted by Crippen LogP contribution is 2.34. The van der Waals surface area contributed by atoms with E-state index in [1.807, 2.05) is 12.1 Å². The Hall–Kier alpha value is -2.59. The Morgan fingerprint density at radius 2 is 1.69 bits per heavy atom. The number of hydrogen-bond acceptors (Lipinski definition) is 5. The maximum absolute atomic E-state index is 13.3. The molecular weight excluding hydrogens is 520 g/mol. The van der Waals surface area contributed by atoms with Gasteiger partial charge in [-0.2, -0.15) is 4.31 Å². The van der Waals surface area contributed by atoms with Gasteiger partial charge in [0.05, 0.1) is 11.4 Å². The van der Waals surface area contributed by atoms with Crippen LogP contribution in [0.2, 0.25) is 5.02 Å². The van der Waals surface area contributed by atoms with E-state index in [9.17, 15) is 13.2 Å². The molecule has 166 valence electrons. The number of nitrogens with zero attached hydrogens (tertiary/aromatic N) is 1. The molecule has 1 heterocycles. The van der Waals surface area contributed by atoms with Gasteiger partial charge < -0.3 is 14.8 Å². The monoisotopic (exact) mass is 536 g/mol. The zero-order valence-electron chi connectivity index (χ0n) is 16.6. The van der Waals surface area contributed by atoms with Crippen LogP contribution in [0, 0.1) is 0 Å². The highest BCUT2D eigenvalue weighted by Gasteiger charge is 2.27. The summed E-state index contributed by atoms with van der Waals surface area (Å²) >= 11 is 9.27. The van der Waals surface area contributed by atoms with Gasteiger partial charge in [-0.25, -0.2) is 8.42 Å². The van der Waals surface area contributed by atoms with E-state index < -0.39 is 15.9 Å². The van der Waals surface area contributed by atoms with E-state index >= 15 is 0 Å². The van der Waals surface area contributed by atoms with Crippen LogP contribution in [0.15, 0.2) is 76.1 Å². The van der Waals surface area contributed by atoms with E-state index in [1.54, 1.807) is 30.3 Å². The van der Waals surface area contributed by atoms with Gasteiger partial charge in [0.2, 0.25) is 22.7 Å². The molecule has 32 heavy (non-hydrogen) atoms. The molecule has 3 aromatic carbocycles. The van der Waals surface area contributed by atoms with Gasteiger partial charge in [-0.1, -0.05) is 39.7 Å². The molecule has 1 N–H and O–H groups in total. The maximum Gasteiger partial charge on any atom is 0.243 e. The number of fused-ring (bicyclic) bond motifs is 1. The number of carbonyl (C=O) groups excluding carboxylic acids is 1. The first kappa shape index (κ1) is 22.6. The van der Waals surface area contributed by atoms with Crippen molar-refractivity contribution in [2.75, 3.05) is 18.7 Å². The number of benzene rings is 3. The molecule has 0 fully saturated rings. The molecule has 0 bridgehead atoms. The molecule has 0 saturated heterocycles. The predicted molar refractivity (Wildman–Crippen MR) is 124 cm³/mol. The van der Waals surface area contributed by atoms with Crippen LogP contribution in [-0.2, 0) is 21.4 Å². The number of anilines is 1. The Morgan fingerprint density at radius 3 is 2.41 bits per heavy atom. The minimum absolute atomic E-state index is 0.0206. The van der Waals surface area contributed by atoms with Crippen LogP contribution in [0.3, 0.4) is 0 Å². The SMILES string of the molecule is O=C(CN(Cc1ccc(Br)cc1)S(=O)(=O)c1ccc(Cl)cc1)Nc1ccc2c(c1)OCO2. The van der Waals surface area contributed by atoms with Crippen LogP contribution >= 0.6 is 27.5 Å². The van der Waals surface area contributed by atoms with E-state index in [-0.39, 0.29) is 24.8 Å². The number of amides is 1. The Bertz CT molecular complexity index is 1230. The number of carbonyl (C=O) groups is 1. The van der Waals surface area contributed by atoms with Gasteiger partial charge in [-0.15, -0.1) is 0 Å². The van der Waals surface area contributed by atoms with Crippen LogP contribution in [0.5, 0.6) is 11.5 Å². The molecular formula is C22H18BrClN2O5S. The number of halogens is 2. The van der Waals surface area contributed by atoms with Crippen molar-refractivity contribution >= 4 is 49.1 Å². The van der Waals surface area contributed by atoms with Crippen molar-refractivity contribution in [2.24, 2.45) is 0 Å². The van der Waals surface area contributed by atoms with Gasteiger partial charge in [0.1, 0.15) is 0 Å². The fourth-order valence-corrected chi connectivity index (χ4v) is 4.88. The minimum atomic E-state index is -3.97. The second kappa shape index (κ2) is 9.50. The predicted octanol–water partition coefficient (Wildman–Crippen LogP) is 4.66. The van der Waals surface area contributed by atoms with E-state index in [0.717, 1.165) is 14.3 Å². The standard InChI is InChI=1S/C22H18BrClN2O5S/c23-16-3-1-15(2-4-16)12-26(32(28,29)19-8-5-17(24)6-9-19)13-22(27)25-18-7-10-20-21(11-18)31-14-30-20/h1-11H,12-14H2,(H,25,27). The van der Waals surface area contributed by atoms with Gasteiger partial charge in [0, 0.05) is 27.8 Å². The molecule has 0 aromatic heterocycles. The van der Waals surface area contributed by atoms with E-state index in [1.165, 1.54) is 24.3 Å². The van der Waals surface area contributed by atoms with Crippen molar-refractivity contribution in [3.63, 3.8) is 0 Å². The summed E-state index contributed by atoms with van der Waals surface area (Å²) in [4.78, 5) is 12.8. The second-order valence-electron chi connectivity index (χ2n) is 6.97. The average Bonchev–Trinajstić information content (AvgIpc) is 3.23. The van der Waals surface area contributed by atoms with Crippen molar-refractivity contribution in [2.45, 2.75) is 11.4 Å². The molecule has 0 saturated carbocycles. The molecule has 10 heteroatoms. The summed E-state index contributed by atoms with van der Waals surface area (Å²) < 4.78 is 39.2. The van der Waals surface area contributed by atoms with Gasteiger partial charge in [-0.05, 0) is 54.1 Å². The number of sulfonamides is 1. The lowest BCUT2D eigenvalue weighted by molar-refractivity contribution is -0.116. The quantitative estimate of drug-likeness (QED) is 0.474. The van der Waals surface area contributed by atoms with Crippen molar-refractivity contribution in [3.05, 3.63) is 81.8 Å². The number of hydrogen-bond donors (Lipinski definition) is 1. The average molecular weight is 538 g/mol. The first-order valence-corrected chi connectivity index (χ1v) is 12.1. The van der Waals surface area contributed by atoms with Gasteiger partial charge in [0.25, 0.3) is 0 Å². The Balaban J connectivity index is 1.57. The highest BCUT2D eigenvalue weighted by molar-refractivity contribution is 9.10. The summed E-state index contributed by atoms with van der Waals surface area (Å²) in [5, 5.41) is 3.14. The van der Waals surface area contributed by atoms with Crippen LogP contribution in [0.25, 0.3) is 0 Å². The molecule has 1 amide bonds. The van der Waals surface area contributed by atoms with E-state index in [0.29, 0.717) is 22.2 Å². The molecule has 0 spiro atoms. The van der Waals surface area contributed by atoms with Crippen molar-refractivity contribution in [1.82, 2.24) is 4.31 Å².